The van der Waals surface area contributed by atoms with Gasteiger partial charge in [0.1, 0.15) is 16.5 Å². The van der Waals surface area contributed by atoms with Crippen molar-refractivity contribution in [3.8, 4) is 33.4 Å². The summed E-state index contributed by atoms with van der Waals surface area (Å²) in [6.07, 6.45) is 49.7. The van der Waals surface area contributed by atoms with E-state index in [4.69, 9.17) is 9.96 Å². The first-order chi connectivity index (χ1) is 64.2. The third-order valence-electron chi connectivity index (χ3n) is 37.7. The molecule has 8 aromatic carbocycles. The van der Waals surface area contributed by atoms with Gasteiger partial charge in [-0.1, -0.05) is 452 Å². The normalized spacial score (nSPS) is 25.4. The van der Waals surface area contributed by atoms with Gasteiger partial charge in [-0.3, -0.25) is 0 Å². The smallest absolute Gasteiger partial charge is 0.662 e. The molecular weight excluding hydrogens is 1850 g/mol. The summed E-state index contributed by atoms with van der Waals surface area (Å²) in [6, 6.07) is 62.9. The van der Waals surface area contributed by atoms with E-state index in [0.717, 1.165) is 47.3 Å². The molecule has 6 saturated carbocycles. The van der Waals surface area contributed by atoms with Crippen LogP contribution < -0.4 is 9.96 Å². The van der Waals surface area contributed by atoms with Crippen LogP contribution in [0, 0.1) is 72.6 Å². The first-order valence-corrected chi connectivity index (χ1v) is 66.4. The molecule has 0 aliphatic heterocycles. The van der Waals surface area contributed by atoms with Crippen molar-refractivity contribution in [2.24, 2.45) is 35.5 Å². The summed E-state index contributed by atoms with van der Waals surface area (Å²) < 4.78 is 0. The molecule has 24 rings (SSSR count). The van der Waals surface area contributed by atoms with Crippen molar-refractivity contribution < 1.29 is 43.4 Å². The zero-order valence-electron chi connectivity index (χ0n) is 93.3. The third-order valence-corrected chi connectivity index (χ3v) is 51.7. The molecule has 10 unspecified atom stereocenters. The number of rotatable bonds is 12. The van der Waals surface area contributed by atoms with Crippen molar-refractivity contribution in [3.05, 3.63) is 346 Å². The molecule has 10 heteroatoms. The van der Waals surface area contributed by atoms with Gasteiger partial charge >= 0.3 is 43.4 Å². The Bertz CT molecular complexity index is 6160. The number of benzene rings is 8. The molecule has 0 bridgehead atoms. The average Bonchev–Trinajstić information content (AvgIpc) is 1.55. The minimum absolute atomic E-state index is 0. The second-order valence-corrected chi connectivity index (χ2v) is 67.7. The van der Waals surface area contributed by atoms with Gasteiger partial charge in [-0.2, -0.15) is 0 Å². The zero-order valence-corrected chi connectivity index (χ0v) is 100. The van der Waals surface area contributed by atoms with Crippen LogP contribution >= 0.6 is 0 Å². The predicted molar refractivity (Wildman–Crippen MR) is 625 cm³/mol. The Balaban J connectivity index is 0.000000148. The van der Waals surface area contributed by atoms with E-state index in [1.54, 1.807) is 44.6 Å². The van der Waals surface area contributed by atoms with Crippen molar-refractivity contribution in [2.75, 3.05) is 0 Å². The van der Waals surface area contributed by atoms with E-state index in [-0.39, 0.29) is 108 Å². The van der Waals surface area contributed by atoms with Crippen molar-refractivity contribution in [3.63, 3.8) is 0 Å². The van der Waals surface area contributed by atoms with E-state index in [0.29, 0.717) is 40.9 Å². The topological polar surface area (TPSA) is 52.3 Å². The Morgan fingerprint density at radius 1 is 0.324 bits per heavy atom. The average molecular weight is 2030 g/mol. The first-order valence-electron chi connectivity index (χ1n) is 54.2. The summed E-state index contributed by atoms with van der Waals surface area (Å²) in [6.45, 7) is 56.5. The number of hydrogen-bond acceptors (Lipinski definition) is 2. The van der Waals surface area contributed by atoms with E-state index in [9.17, 15) is 0 Å². The maximum Gasteiger partial charge on any atom is 4.00 e. The van der Waals surface area contributed by atoms with Crippen LogP contribution in [0.3, 0.4) is 0 Å². The summed E-state index contributed by atoms with van der Waals surface area (Å²) in [7, 11) is -6.60. The Labute approximate surface area is 900 Å². The van der Waals surface area contributed by atoms with Crippen molar-refractivity contribution >= 4 is 62.3 Å². The molecule has 1 radical (unpaired) electrons. The quantitative estimate of drug-likeness (QED) is 0.0946. The van der Waals surface area contributed by atoms with E-state index < -0.39 is 32.9 Å². The van der Waals surface area contributed by atoms with Crippen molar-refractivity contribution in [2.45, 2.75) is 377 Å². The number of nitrogens with one attached hydrogen (secondary N) is 2. The van der Waals surface area contributed by atoms with Crippen LogP contribution in [0.5, 0.6) is 0 Å². The van der Waals surface area contributed by atoms with Crippen molar-refractivity contribution in [1.29, 1.82) is 0 Å². The van der Waals surface area contributed by atoms with Crippen LogP contribution in [-0.4, -0.2) is 57.1 Å². The monoisotopic (exact) mass is 2030 g/mol. The van der Waals surface area contributed by atoms with E-state index in [1.807, 2.05) is 0 Å². The molecular formula is C132H179N4Si4Ti2. The van der Waals surface area contributed by atoms with Crippen LogP contribution in [0.2, 0.25) is 63.5 Å². The molecule has 751 valence electrons. The van der Waals surface area contributed by atoms with Crippen molar-refractivity contribution in [1.82, 2.24) is 9.96 Å². The summed E-state index contributed by atoms with van der Waals surface area (Å²) in [4.78, 5) is 19.7. The maximum absolute atomic E-state index is 5.64. The van der Waals surface area contributed by atoms with Gasteiger partial charge in [-0.05, 0) is 276 Å². The standard InChI is InChI=1S/C27H38NSi.C27H35NSi.C27H38NSi.C27H35NSi.C19H18.5CH3.2Ti/c2*1-18-15-19-16-25-23(21-13-9-10-14-24(21)27(25,2)3)17-22(19)26(18)29(4,5)28-20-11-7-6-8-12-20;2*1-18-15-19-16-23-21-13-9-10-14-24(21)27(2,3)25(23)17-22(19)26(18)29(4,5)28-20-11-7-6-8-12-20;1-12-8-13-10-16-15-6-4-5-7-17(15)19(2,3)18(16)11-14(13)9-12;;;;;;;/h9-10,13-14,16-20,22,26H,6-8,11-12,15H2,1-5H3;9-10,13-17,20,26,28H,6-8,11-12H2,1-5H3;9-10,13-14,16-20,22,26H,6-8,11-12,15H2,1-5H3;9-10,13-17,20,26,28H,6-8,11-12H2,1-5H3;4-7,9-11H,8H2,1-3H3;5*1H3;;/q-1;;-1;;;5*-1;+3;+4. The van der Waals surface area contributed by atoms with Gasteiger partial charge in [-0.25, -0.2) is 0 Å². The SMILES string of the molecule is CC1=Cc2cc3c(cc2C1)-c1ccccc1C3(C)C.CC1=Cc2cc3c(cc2C1[Si](C)(C)NC1CCCCC1)-c1ccccc1C3(C)C.CC1=Cc2cc3c(cc2C1[Si](C)(C)NC1CCCCC1)C(C)(C)c1ccccc1-3.CC1CC2C=C3C(=CC2C1[Si](C)(C)[N-]C1CCCCC1)C(C)(C)c1ccccc13.CC1CC2C=C3C(=CC2C1[Si](C)(C)[N-]C1CCCCC1)c1ccccc1C3(C)C.[CH3-].[CH3-].[CH3-].[CH3-].[CH3-].[Ti+3].[Ti+4]. The molecule has 16 aliphatic carbocycles. The fourth-order valence-electron chi connectivity index (χ4n) is 31.8. The van der Waals surface area contributed by atoms with Crippen LogP contribution in [0.15, 0.2) is 210 Å². The number of fused-ring (bicyclic) bond motifs is 20. The molecule has 10 atom stereocenters. The fraction of sp³-hybridized carbons (Fsp3) is 0.492. The molecule has 8 aromatic rings. The van der Waals surface area contributed by atoms with Gasteiger partial charge in [0, 0.05) is 50.2 Å². The summed E-state index contributed by atoms with van der Waals surface area (Å²) in [5.74, 6) is 4.42. The second-order valence-electron chi connectivity index (χ2n) is 50.6. The van der Waals surface area contributed by atoms with Gasteiger partial charge in [0.2, 0.25) is 0 Å². The molecule has 0 saturated heterocycles. The predicted octanol–water partition coefficient (Wildman–Crippen LogP) is 37.2. The minimum Gasteiger partial charge on any atom is -0.662 e. The van der Waals surface area contributed by atoms with E-state index in [1.165, 1.54) is 258 Å². The van der Waals surface area contributed by atoms with Gasteiger partial charge in [0.15, 0.2) is 0 Å². The van der Waals surface area contributed by atoms with Crippen LogP contribution in [0.1, 0.15) is 345 Å². The zero-order chi connectivity index (χ0) is 94.8. The first kappa shape index (κ1) is 113. The molecule has 0 spiro atoms. The Morgan fingerprint density at radius 3 is 1.07 bits per heavy atom. The summed E-state index contributed by atoms with van der Waals surface area (Å²) >= 11 is 0. The van der Waals surface area contributed by atoms with Gasteiger partial charge in [0.05, 0.1) is 0 Å². The summed E-state index contributed by atoms with van der Waals surface area (Å²) in [5, 5.41) is 0. The molecule has 16 aliphatic rings. The van der Waals surface area contributed by atoms with Crippen LogP contribution in [0.25, 0.3) is 72.7 Å². The molecule has 2 N–H and O–H groups in total. The fourth-order valence-corrected chi connectivity index (χ4v) is 47.7. The minimum atomic E-state index is -1.65. The largest absolute Gasteiger partial charge is 4.00 e. The molecule has 6 fully saturated rings. The van der Waals surface area contributed by atoms with E-state index >= 15 is 0 Å². The van der Waals surface area contributed by atoms with Crippen LogP contribution in [0.4, 0.5) is 0 Å². The molecule has 0 heterocycles. The third kappa shape index (κ3) is 20.4. The molecule has 0 aromatic heterocycles. The maximum atomic E-state index is 5.64. The van der Waals surface area contributed by atoms with Gasteiger partial charge in [0.25, 0.3) is 0 Å². The number of hydrogen-bond donors (Lipinski definition) is 2. The summed E-state index contributed by atoms with van der Waals surface area (Å²) in [5.41, 5.74) is 46.9. The molecule has 4 nitrogen and oxygen atoms in total. The van der Waals surface area contributed by atoms with Gasteiger partial charge in [-0.15, -0.1) is 12.1 Å². The number of allylic oxidation sites excluding steroid dienone is 11. The Morgan fingerprint density at radius 2 is 0.648 bits per heavy atom. The Hall–Kier alpha value is -5.92. The number of nitrogens with zero attached hydrogens (tertiary/aromatic N) is 2. The molecule has 142 heavy (non-hydrogen) atoms. The Kier molecular flexibility index (Phi) is 34.4. The van der Waals surface area contributed by atoms with Gasteiger partial charge < -0.3 is 57.1 Å². The molecule has 0 amide bonds. The van der Waals surface area contributed by atoms with Crippen LogP contribution in [-0.2, 0) is 76.9 Å². The van der Waals surface area contributed by atoms with E-state index in [2.05, 4.69) is 366 Å². The second kappa shape index (κ2) is 43.2.